The number of rotatable bonds is 12. The summed E-state index contributed by atoms with van der Waals surface area (Å²) in [5.74, 6) is 1.87. The molecule has 1 heterocycles. The van der Waals surface area contributed by atoms with Crippen LogP contribution in [0.15, 0.2) is 42.5 Å². The van der Waals surface area contributed by atoms with E-state index in [4.69, 9.17) is 38.1 Å². The second kappa shape index (κ2) is 12.8. The predicted octanol–water partition coefficient (Wildman–Crippen LogP) is 4.67. The molecule has 3 aromatic carbocycles. The van der Waals surface area contributed by atoms with Crippen molar-refractivity contribution in [2.75, 3.05) is 49.8 Å². The number of hydrogen-bond donors (Lipinski definition) is 0. The molecule has 0 amide bonds. The normalized spacial score (nSPS) is 10.5. The molecule has 4 aromatic rings. The number of ether oxygens (including phenoxy) is 7. The molecule has 1 aromatic heterocycles. The van der Waals surface area contributed by atoms with Crippen molar-refractivity contribution in [3.05, 3.63) is 62.7 Å². The van der Waals surface area contributed by atoms with E-state index in [9.17, 15) is 14.9 Å². The van der Waals surface area contributed by atoms with E-state index in [-0.39, 0.29) is 27.4 Å². The molecule has 0 bridgehead atoms. The van der Waals surface area contributed by atoms with E-state index in [2.05, 4.69) is 0 Å². The van der Waals surface area contributed by atoms with E-state index in [1.165, 1.54) is 61.9 Å². The van der Waals surface area contributed by atoms with Crippen LogP contribution in [0.25, 0.3) is 21.3 Å². The number of methoxy groups -OCH3 is 7. The van der Waals surface area contributed by atoms with Crippen LogP contribution in [0, 0.1) is 10.1 Å². The van der Waals surface area contributed by atoms with Gasteiger partial charge in [0.25, 0.3) is 0 Å². The van der Waals surface area contributed by atoms with Crippen LogP contribution in [0.3, 0.4) is 0 Å². The van der Waals surface area contributed by atoms with E-state index < -0.39 is 19.4 Å². The standard InChI is InChI=1S/C29H28N2O10Se/c1-35-19-9-8-15(10-18(19)31(33)34)28-24(16-11-20(36-2)26(40-6)21(12-16)37-3)30-29(42-28)25(32)17-13-22(38-4)27(41-7)23(14-17)39-5/h8-14H,1-7H3. The summed E-state index contributed by atoms with van der Waals surface area (Å²) >= 11 is -0.671. The van der Waals surface area contributed by atoms with Gasteiger partial charge < -0.3 is 0 Å². The number of hydrogen-bond acceptors (Lipinski definition) is 11. The van der Waals surface area contributed by atoms with Gasteiger partial charge in [0.1, 0.15) is 0 Å². The Morgan fingerprint density at radius 3 is 1.64 bits per heavy atom. The van der Waals surface area contributed by atoms with Gasteiger partial charge in [-0.2, -0.15) is 0 Å². The van der Waals surface area contributed by atoms with E-state index in [1.54, 1.807) is 30.3 Å². The van der Waals surface area contributed by atoms with Crippen LogP contribution < -0.4 is 33.2 Å². The number of ketones is 1. The zero-order chi connectivity index (χ0) is 30.6. The molecule has 0 radical (unpaired) electrons. The van der Waals surface area contributed by atoms with Gasteiger partial charge in [0.2, 0.25) is 0 Å². The molecule has 0 fully saturated rings. The number of carbonyl (C=O) groups is 1. The van der Waals surface area contributed by atoms with Crippen LogP contribution >= 0.6 is 0 Å². The third-order valence-electron chi connectivity index (χ3n) is 6.32. The third kappa shape index (κ3) is 5.56. The molecule has 0 atom stereocenters. The molecule has 0 aliphatic rings. The first kappa shape index (κ1) is 30.2. The molecule has 0 aliphatic heterocycles. The molecule has 4 rings (SSSR count). The molecule has 220 valence electrons. The van der Waals surface area contributed by atoms with Gasteiger partial charge in [-0.3, -0.25) is 0 Å². The summed E-state index contributed by atoms with van der Waals surface area (Å²) in [6, 6.07) is 11.2. The summed E-state index contributed by atoms with van der Waals surface area (Å²) in [6.45, 7) is 0. The van der Waals surface area contributed by atoms with Crippen molar-refractivity contribution in [2.24, 2.45) is 0 Å². The molecular weight excluding hydrogens is 615 g/mol. The predicted molar refractivity (Wildman–Crippen MR) is 154 cm³/mol. The van der Waals surface area contributed by atoms with Crippen molar-refractivity contribution >= 4 is 26.0 Å². The van der Waals surface area contributed by atoms with Gasteiger partial charge in [0.15, 0.2) is 0 Å². The Kier molecular flexibility index (Phi) is 9.24. The van der Waals surface area contributed by atoms with Crippen molar-refractivity contribution in [2.45, 2.75) is 0 Å². The van der Waals surface area contributed by atoms with Crippen molar-refractivity contribution < 1.29 is 42.9 Å². The first-order chi connectivity index (χ1) is 20.2. The van der Waals surface area contributed by atoms with Gasteiger partial charge in [-0.15, -0.1) is 0 Å². The zero-order valence-corrected chi connectivity index (χ0v) is 25.6. The van der Waals surface area contributed by atoms with Gasteiger partial charge in [-0.05, 0) is 0 Å². The molecule has 0 unspecified atom stereocenters. The summed E-state index contributed by atoms with van der Waals surface area (Å²) in [5, 5.41) is 11.8. The van der Waals surface area contributed by atoms with Gasteiger partial charge in [0, 0.05) is 0 Å². The molecule has 0 saturated carbocycles. The molecule has 42 heavy (non-hydrogen) atoms. The Bertz CT molecular complexity index is 1600. The Morgan fingerprint density at radius 2 is 1.19 bits per heavy atom. The second-order valence-corrected chi connectivity index (χ2v) is 10.6. The number of benzene rings is 3. The fourth-order valence-electron chi connectivity index (χ4n) is 4.34. The Balaban J connectivity index is 1.98. The molecule has 0 N–H and O–H groups in total. The molecule has 13 heteroatoms. The van der Waals surface area contributed by atoms with Gasteiger partial charge in [-0.1, -0.05) is 0 Å². The maximum atomic E-state index is 13.9. The van der Waals surface area contributed by atoms with E-state index in [1.807, 2.05) is 0 Å². The minimum atomic E-state index is -0.671. The molecule has 0 saturated heterocycles. The van der Waals surface area contributed by atoms with Crippen LogP contribution in [0.1, 0.15) is 14.9 Å². The van der Waals surface area contributed by atoms with Gasteiger partial charge >= 0.3 is 248 Å². The summed E-state index contributed by atoms with van der Waals surface area (Å²) < 4.78 is 38.8. The maximum absolute atomic E-state index is 13.9. The summed E-state index contributed by atoms with van der Waals surface area (Å²) in [4.78, 5) is 29.9. The Labute approximate surface area is 247 Å². The Morgan fingerprint density at radius 1 is 0.690 bits per heavy atom. The quantitative estimate of drug-likeness (QED) is 0.0922. The SMILES string of the molecule is COc1ccc(-c2[se]c(C(=O)c3cc(OC)c(OC)c(OC)c3)nc2-c2cc(OC)c(OC)c(OC)c2)cc1[N+](=O)[O-]. The summed E-state index contributed by atoms with van der Waals surface area (Å²) in [5.41, 5.74) is 1.57. The number of aromatic nitrogens is 1. The third-order valence-corrected chi connectivity index (χ3v) is 8.64. The molecule has 12 nitrogen and oxygen atoms in total. The zero-order valence-electron chi connectivity index (χ0n) is 23.9. The average Bonchev–Trinajstić information content (AvgIpc) is 3.47. The molecule has 0 spiro atoms. The van der Waals surface area contributed by atoms with Crippen LogP contribution in [0.5, 0.6) is 40.2 Å². The van der Waals surface area contributed by atoms with E-state index >= 15 is 0 Å². The summed E-state index contributed by atoms with van der Waals surface area (Å²) in [7, 11) is 10.2. The fourth-order valence-corrected chi connectivity index (χ4v) is 6.53. The van der Waals surface area contributed by atoms with E-state index in [0.29, 0.717) is 55.8 Å². The average molecular weight is 644 g/mol. The van der Waals surface area contributed by atoms with Gasteiger partial charge in [-0.25, -0.2) is 0 Å². The summed E-state index contributed by atoms with van der Waals surface area (Å²) in [6.07, 6.45) is 0. The topological polar surface area (TPSA) is 138 Å². The van der Waals surface area contributed by atoms with Gasteiger partial charge in [0.05, 0.1) is 0 Å². The Hall–Kier alpha value is -4.74. The fraction of sp³-hybridized carbons (Fsp3) is 0.241. The van der Waals surface area contributed by atoms with E-state index in [0.717, 1.165) is 0 Å². The number of carbonyl (C=O) groups excluding carboxylic acids is 1. The monoisotopic (exact) mass is 644 g/mol. The molecular formula is C29H28N2O10Se. The first-order valence-corrected chi connectivity index (χ1v) is 13.9. The van der Waals surface area contributed by atoms with Crippen molar-refractivity contribution in [1.29, 1.82) is 0 Å². The van der Waals surface area contributed by atoms with Crippen LogP contribution in [-0.2, 0) is 0 Å². The van der Waals surface area contributed by atoms with Crippen molar-refractivity contribution in [3.63, 3.8) is 0 Å². The van der Waals surface area contributed by atoms with Crippen LogP contribution in [-0.4, -0.2) is 80.0 Å². The second-order valence-electron chi connectivity index (χ2n) is 8.50. The minimum absolute atomic E-state index is 0.110. The van der Waals surface area contributed by atoms with Crippen LogP contribution in [0.2, 0.25) is 0 Å². The number of nitro benzene ring substituents is 1. The van der Waals surface area contributed by atoms with Crippen LogP contribution in [0.4, 0.5) is 5.69 Å². The van der Waals surface area contributed by atoms with Crippen molar-refractivity contribution in [1.82, 2.24) is 4.98 Å². The number of nitrogens with zero attached hydrogens (tertiary/aromatic N) is 2. The first-order valence-electron chi connectivity index (χ1n) is 12.2. The molecule has 0 aliphatic carbocycles. The van der Waals surface area contributed by atoms with Crippen molar-refractivity contribution in [3.8, 4) is 61.5 Å². The number of nitro groups is 1.